The zero-order valence-corrected chi connectivity index (χ0v) is 11.3. The Morgan fingerprint density at radius 3 is 1.80 bits per heavy atom. The average molecular weight is 260 g/mol. The summed E-state index contributed by atoms with van der Waals surface area (Å²) in [6, 6.07) is 17.6. The van der Waals surface area contributed by atoms with Crippen LogP contribution in [0.25, 0.3) is 0 Å². The molecule has 0 N–H and O–H groups in total. The van der Waals surface area contributed by atoms with Crippen molar-refractivity contribution in [2.75, 3.05) is 0 Å². The number of benzene rings is 2. The summed E-state index contributed by atoms with van der Waals surface area (Å²) in [5.41, 5.74) is 5.78. The molecule has 1 fully saturated rings. The van der Waals surface area contributed by atoms with Gasteiger partial charge in [0.15, 0.2) is 0 Å². The third-order valence-corrected chi connectivity index (χ3v) is 5.68. The van der Waals surface area contributed by atoms with E-state index in [4.69, 9.17) is 0 Å². The van der Waals surface area contributed by atoms with E-state index in [1.807, 2.05) is 0 Å². The monoisotopic (exact) mass is 260 g/mol. The third kappa shape index (κ3) is 1.13. The number of ketones is 1. The zero-order chi connectivity index (χ0) is 13.3. The van der Waals surface area contributed by atoms with Crippen LogP contribution in [0.1, 0.15) is 46.9 Å². The van der Waals surface area contributed by atoms with E-state index in [1.54, 1.807) is 0 Å². The van der Waals surface area contributed by atoms with Crippen molar-refractivity contribution in [1.82, 2.24) is 0 Å². The molecule has 0 heterocycles. The quantitative estimate of drug-likeness (QED) is 0.702. The maximum Gasteiger partial charge on any atom is 0.137 e. The Labute approximate surface area is 118 Å². The molecule has 6 rings (SSSR count). The average Bonchev–Trinajstić information content (AvgIpc) is 2.90. The van der Waals surface area contributed by atoms with E-state index >= 15 is 0 Å². The minimum atomic E-state index is 0.241. The molecule has 0 aromatic heterocycles. The highest BCUT2D eigenvalue weighted by atomic mass is 16.1. The van der Waals surface area contributed by atoms with Gasteiger partial charge < -0.3 is 0 Å². The molecule has 0 saturated heterocycles. The summed E-state index contributed by atoms with van der Waals surface area (Å²) >= 11 is 0. The molecule has 1 saturated carbocycles. The van der Waals surface area contributed by atoms with Crippen LogP contribution in [-0.4, -0.2) is 5.78 Å². The van der Waals surface area contributed by atoms with E-state index in [9.17, 15) is 4.79 Å². The number of rotatable bonds is 0. The van der Waals surface area contributed by atoms with Crippen molar-refractivity contribution in [3.8, 4) is 0 Å². The van der Waals surface area contributed by atoms with Crippen LogP contribution in [0.4, 0.5) is 0 Å². The van der Waals surface area contributed by atoms with Crippen LogP contribution in [0.3, 0.4) is 0 Å². The van der Waals surface area contributed by atoms with Crippen LogP contribution < -0.4 is 0 Å². The third-order valence-electron chi connectivity index (χ3n) is 5.68. The summed E-state index contributed by atoms with van der Waals surface area (Å²) in [7, 11) is 0. The Bertz CT molecular complexity index is 683. The van der Waals surface area contributed by atoms with Gasteiger partial charge in [-0.2, -0.15) is 0 Å². The fraction of sp³-hybridized carbons (Fsp3) is 0.316. The van der Waals surface area contributed by atoms with Crippen molar-refractivity contribution in [2.24, 2.45) is 11.8 Å². The first kappa shape index (κ1) is 10.8. The molecule has 2 aromatic rings. The molecule has 0 aliphatic heterocycles. The SMILES string of the molecule is O=C1CC[C@@H]2C3c4ccccc4C(c4ccccc43)[C@H]12. The molecule has 2 atom stereocenters. The molecule has 2 bridgehead atoms. The van der Waals surface area contributed by atoms with E-state index in [1.165, 1.54) is 22.3 Å². The van der Waals surface area contributed by atoms with Crippen molar-refractivity contribution in [2.45, 2.75) is 24.7 Å². The Morgan fingerprint density at radius 1 is 0.750 bits per heavy atom. The predicted octanol–water partition coefficient (Wildman–Crippen LogP) is 3.87. The second-order valence-corrected chi connectivity index (χ2v) is 6.41. The number of carbonyl (C=O) groups is 1. The van der Waals surface area contributed by atoms with Gasteiger partial charge in [0.1, 0.15) is 5.78 Å². The van der Waals surface area contributed by atoms with Gasteiger partial charge in [0.25, 0.3) is 0 Å². The van der Waals surface area contributed by atoms with Crippen LogP contribution in [0.5, 0.6) is 0 Å². The maximum absolute atomic E-state index is 12.4. The highest BCUT2D eigenvalue weighted by Gasteiger charge is 2.54. The van der Waals surface area contributed by atoms with Gasteiger partial charge >= 0.3 is 0 Å². The lowest BCUT2D eigenvalue weighted by molar-refractivity contribution is -0.122. The molecule has 98 valence electrons. The zero-order valence-electron chi connectivity index (χ0n) is 11.3. The minimum absolute atomic E-state index is 0.241. The Balaban J connectivity index is 1.86. The van der Waals surface area contributed by atoms with Crippen LogP contribution in [0.15, 0.2) is 48.5 Å². The summed E-state index contributed by atoms with van der Waals surface area (Å²) in [4.78, 5) is 12.4. The van der Waals surface area contributed by atoms with Crippen molar-refractivity contribution >= 4 is 5.78 Å². The molecule has 1 heteroatoms. The first-order valence-corrected chi connectivity index (χ1v) is 7.56. The van der Waals surface area contributed by atoms with Crippen LogP contribution in [0.2, 0.25) is 0 Å². The van der Waals surface area contributed by atoms with Gasteiger partial charge in [0, 0.05) is 24.2 Å². The fourth-order valence-electron chi connectivity index (χ4n) is 5.04. The normalized spacial score (nSPS) is 32.7. The number of hydrogen-bond donors (Lipinski definition) is 0. The maximum atomic E-state index is 12.4. The minimum Gasteiger partial charge on any atom is -0.299 e. The van der Waals surface area contributed by atoms with Gasteiger partial charge in [0.05, 0.1) is 0 Å². The number of carbonyl (C=O) groups excluding carboxylic acids is 1. The van der Waals surface area contributed by atoms with Crippen molar-refractivity contribution < 1.29 is 4.79 Å². The van der Waals surface area contributed by atoms with E-state index in [-0.39, 0.29) is 5.92 Å². The van der Waals surface area contributed by atoms with Gasteiger partial charge in [-0.25, -0.2) is 0 Å². The first-order chi connectivity index (χ1) is 9.86. The number of Topliss-reactive ketones (excluding diaryl/α,β-unsaturated/α-hetero) is 1. The van der Waals surface area contributed by atoms with E-state index < -0.39 is 0 Å². The Morgan fingerprint density at radius 2 is 1.25 bits per heavy atom. The summed E-state index contributed by atoms with van der Waals surface area (Å²) in [5.74, 6) is 2.03. The summed E-state index contributed by atoms with van der Waals surface area (Å²) < 4.78 is 0. The predicted molar refractivity (Wildman–Crippen MR) is 77.8 cm³/mol. The van der Waals surface area contributed by atoms with Gasteiger partial charge in [0.2, 0.25) is 0 Å². The van der Waals surface area contributed by atoms with Gasteiger partial charge in [-0.15, -0.1) is 0 Å². The molecule has 0 radical (unpaired) electrons. The topological polar surface area (TPSA) is 17.1 Å². The smallest absolute Gasteiger partial charge is 0.137 e. The fourth-order valence-corrected chi connectivity index (χ4v) is 5.04. The molecule has 20 heavy (non-hydrogen) atoms. The molecular weight excluding hydrogens is 244 g/mol. The van der Waals surface area contributed by atoms with Crippen LogP contribution >= 0.6 is 0 Å². The summed E-state index contributed by atoms with van der Waals surface area (Å²) in [6.45, 7) is 0. The van der Waals surface area contributed by atoms with Gasteiger partial charge in [-0.1, -0.05) is 48.5 Å². The second kappa shape index (κ2) is 3.60. The highest BCUT2D eigenvalue weighted by molar-refractivity contribution is 5.87. The van der Waals surface area contributed by atoms with Gasteiger partial charge in [-0.3, -0.25) is 4.79 Å². The summed E-state index contributed by atoms with van der Waals surface area (Å²) in [6.07, 6.45) is 1.86. The molecule has 2 aromatic carbocycles. The van der Waals surface area contributed by atoms with Crippen molar-refractivity contribution in [3.63, 3.8) is 0 Å². The lowest BCUT2D eigenvalue weighted by Gasteiger charge is -2.47. The van der Waals surface area contributed by atoms with Crippen molar-refractivity contribution in [1.29, 1.82) is 0 Å². The standard InChI is InChI=1S/C19H16O/c20-16-10-9-15-17-11-5-1-3-7-13(11)18(19(15)16)14-8-4-2-6-12(14)17/h1-8,15,17-19H,9-10H2/t15-,17?,18?,19+/m1/s1. The molecular formula is C19H16O. The summed E-state index contributed by atoms with van der Waals surface area (Å²) in [5, 5.41) is 0. The second-order valence-electron chi connectivity index (χ2n) is 6.41. The van der Waals surface area contributed by atoms with Crippen LogP contribution in [-0.2, 0) is 4.79 Å². The Hall–Kier alpha value is -1.89. The van der Waals surface area contributed by atoms with Gasteiger partial charge in [-0.05, 0) is 34.6 Å². The Kier molecular flexibility index (Phi) is 1.95. The van der Waals surface area contributed by atoms with E-state index in [2.05, 4.69) is 48.5 Å². The molecule has 1 nitrogen and oxygen atoms in total. The largest absolute Gasteiger partial charge is 0.299 e. The van der Waals surface area contributed by atoms with E-state index in [0.29, 0.717) is 23.5 Å². The highest BCUT2D eigenvalue weighted by Crippen LogP contribution is 2.61. The molecule has 0 amide bonds. The molecule has 0 spiro atoms. The van der Waals surface area contributed by atoms with Crippen LogP contribution in [0, 0.1) is 11.8 Å². The first-order valence-electron chi connectivity index (χ1n) is 7.56. The van der Waals surface area contributed by atoms with E-state index in [0.717, 1.165) is 12.8 Å². The lowest BCUT2D eigenvalue weighted by Crippen LogP contribution is -2.39. The molecule has 4 aliphatic carbocycles. The molecule has 0 unspecified atom stereocenters. The number of hydrogen-bond acceptors (Lipinski definition) is 1. The van der Waals surface area contributed by atoms with Crippen molar-refractivity contribution in [3.05, 3.63) is 70.8 Å². The lowest BCUT2D eigenvalue weighted by atomic mass is 9.55. The molecule has 4 aliphatic rings.